The molecule has 0 radical (unpaired) electrons. The Labute approximate surface area is 327 Å². The SMILES string of the molecule is CCCCC[C@H](O)/C=C/[C@H]1[C@H](O)CC(=O)[C@@H]1CCCCCCC(=O)OC[C@H](COP(=O)(O)O)OC(=O)CCCCCCCCCCCCCCCC(C)C. The van der Waals surface area contributed by atoms with E-state index in [1.165, 1.54) is 64.2 Å². The Kier molecular flexibility index (Phi) is 29.4. The van der Waals surface area contributed by atoms with E-state index in [1.54, 1.807) is 6.08 Å². The average Bonchev–Trinajstić information content (AvgIpc) is 3.38. The van der Waals surface area contributed by atoms with Gasteiger partial charge in [-0.05, 0) is 31.6 Å². The Balaban J connectivity index is 2.24. The van der Waals surface area contributed by atoms with Crippen LogP contribution in [0.3, 0.4) is 0 Å². The van der Waals surface area contributed by atoms with Crippen LogP contribution in [-0.2, 0) is 32.9 Å². The number of aliphatic hydroxyl groups excluding tert-OH is 2. The molecule has 54 heavy (non-hydrogen) atoms. The zero-order valence-electron chi connectivity index (χ0n) is 34.0. The number of carbonyl (C=O) groups is 3. The molecule has 5 atom stereocenters. The van der Waals surface area contributed by atoms with Crippen LogP contribution in [0.1, 0.15) is 188 Å². The fourth-order valence-corrected chi connectivity index (χ4v) is 7.46. The summed E-state index contributed by atoms with van der Waals surface area (Å²) in [5, 5.41) is 20.6. The van der Waals surface area contributed by atoms with E-state index in [2.05, 4.69) is 25.3 Å². The van der Waals surface area contributed by atoms with Crippen molar-refractivity contribution in [1.29, 1.82) is 0 Å². The molecular formula is C42H77O11P. The predicted molar refractivity (Wildman–Crippen MR) is 213 cm³/mol. The number of hydrogen-bond donors (Lipinski definition) is 4. The van der Waals surface area contributed by atoms with Crippen molar-refractivity contribution < 1.29 is 52.9 Å². The van der Waals surface area contributed by atoms with Gasteiger partial charge >= 0.3 is 19.8 Å². The van der Waals surface area contributed by atoms with E-state index < -0.39 is 44.7 Å². The molecule has 0 aromatic rings. The number of carbonyl (C=O) groups excluding carboxylic acids is 3. The number of hydrogen-bond acceptors (Lipinski definition) is 9. The van der Waals surface area contributed by atoms with Crippen LogP contribution >= 0.6 is 7.82 Å². The molecule has 0 aromatic carbocycles. The van der Waals surface area contributed by atoms with Gasteiger partial charge in [-0.25, -0.2) is 4.57 Å². The number of unbranched alkanes of at least 4 members (excludes halogenated alkanes) is 17. The Bertz CT molecular complexity index is 1060. The molecule has 0 amide bonds. The summed E-state index contributed by atoms with van der Waals surface area (Å²) < 4.78 is 26.4. The predicted octanol–water partition coefficient (Wildman–Crippen LogP) is 9.46. The highest BCUT2D eigenvalue weighted by Gasteiger charge is 2.39. The quantitative estimate of drug-likeness (QED) is 0.0208. The number of ketones is 1. The van der Waals surface area contributed by atoms with Crippen LogP contribution in [-0.4, -0.2) is 69.2 Å². The Morgan fingerprint density at radius 2 is 1.28 bits per heavy atom. The minimum atomic E-state index is -4.81. The van der Waals surface area contributed by atoms with Gasteiger partial charge in [-0.3, -0.25) is 18.9 Å². The van der Waals surface area contributed by atoms with Crippen molar-refractivity contribution in [3.63, 3.8) is 0 Å². The molecule has 0 saturated heterocycles. The summed E-state index contributed by atoms with van der Waals surface area (Å²) in [6.07, 6.45) is 25.5. The molecule has 0 unspecified atom stereocenters. The third-order valence-corrected chi connectivity index (χ3v) is 10.8. The van der Waals surface area contributed by atoms with Crippen molar-refractivity contribution in [3.8, 4) is 0 Å². The Hall–Kier alpha value is -1.62. The zero-order chi connectivity index (χ0) is 40.0. The van der Waals surface area contributed by atoms with Gasteiger partial charge in [0.1, 0.15) is 12.4 Å². The van der Waals surface area contributed by atoms with Crippen LogP contribution in [0.4, 0.5) is 0 Å². The highest BCUT2D eigenvalue weighted by Crippen LogP contribution is 2.36. The van der Waals surface area contributed by atoms with Gasteiger partial charge in [-0.2, -0.15) is 0 Å². The maximum atomic E-state index is 12.5. The summed E-state index contributed by atoms with van der Waals surface area (Å²) in [7, 11) is -4.81. The van der Waals surface area contributed by atoms with E-state index in [9.17, 15) is 29.2 Å². The lowest BCUT2D eigenvalue weighted by atomic mass is 9.88. The van der Waals surface area contributed by atoms with Gasteiger partial charge in [-0.1, -0.05) is 155 Å². The van der Waals surface area contributed by atoms with Crippen LogP contribution in [0.15, 0.2) is 12.2 Å². The summed E-state index contributed by atoms with van der Waals surface area (Å²) in [5.74, 6) is -0.751. The molecule has 11 nitrogen and oxygen atoms in total. The van der Waals surface area contributed by atoms with Gasteiger partial charge in [0, 0.05) is 31.1 Å². The summed E-state index contributed by atoms with van der Waals surface area (Å²) in [6, 6.07) is 0. The molecule has 1 aliphatic carbocycles. The molecule has 0 aliphatic heterocycles. The average molecular weight is 789 g/mol. The summed E-state index contributed by atoms with van der Waals surface area (Å²) >= 11 is 0. The lowest BCUT2D eigenvalue weighted by Crippen LogP contribution is -2.29. The zero-order valence-corrected chi connectivity index (χ0v) is 34.9. The smallest absolute Gasteiger partial charge is 0.462 e. The topological polar surface area (TPSA) is 177 Å². The first-order chi connectivity index (χ1) is 25.8. The highest BCUT2D eigenvalue weighted by atomic mass is 31.2. The number of esters is 2. The van der Waals surface area contributed by atoms with Crippen LogP contribution in [0.2, 0.25) is 0 Å². The molecular weight excluding hydrogens is 711 g/mol. The molecule has 0 bridgehead atoms. The first kappa shape index (κ1) is 50.4. The van der Waals surface area contributed by atoms with Crippen molar-refractivity contribution >= 4 is 25.5 Å². The number of ether oxygens (including phenoxy) is 2. The number of phosphoric acid groups is 1. The molecule has 1 aliphatic rings. The second-order valence-electron chi connectivity index (χ2n) is 15.9. The largest absolute Gasteiger partial charge is 0.469 e. The highest BCUT2D eigenvalue weighted by molar-refractivity contribution is 7.46. The second-order valence-corrected chi connectivity index (χ2v) is 17.2. The van der Waals surface area contributed by atoms with E-state index in [0.717, 1.165) is 63.7 Å². The van der Waals surface area contributed by atoms with Crippen molar-refractivity contribution in [2.24, 2.45) is 17.8 Å². The van der Waals surface area contributed by atoms with E-state index >= 15 is 0 Å². The minimum Gasteiger partial charge on any atom is -0.462 e. The first-order valence-corrected chi connectivity index (χ1v) is 23.0. The summed E-state index contributed by atoms with van der Waals surface area (Å²) in [5.41, 5.74) is 0. The van der Waals surface area contributed by atoms with Gasteiger partial charge in [0.25, 0.3) is 0 Å². The van der Waals surface area contributed by atoms with Crippen molar-refractivity contribution in [2.45, 2.75) is 206 Å². The fraction of sp³-hybridized carbons (Fsp3) is 0.881. The van der Waals surface area contributed by atoms with Gasteiger partial charge in [0.15, 0.2) is 6.10 Å². The number of aliphatic hydroxyl groups is 2. The first-order valence-electron chi connectivity index (χ1n) is 21.4. The molecule has 0 heterocycles. The van der Waals surface area contributed by atoms with Crippen LogP contribution in [0.25, 0.3) is 0 Å². The monoisotopic (exact) mass is 789 g/mol. The Morgan fingerprint density at radius 1 is 0.759 bits per heavy atom. The number of rotatable bonds is 35. The maximum absolute atomic E-state index is 12.5. The van der Waals surface area contributed by atoms with Crippen LogP contribution < -0.4 is 0 Å². The van der Waals surface area contributed by atoms with Gasteiger partial charge in [0.2, 0.25) is 0 Å². The molecule has 316 valence electrons. The molecule has 0 aromatic heterocycles. The van der Waals surface area contributed by atoms with Gasteiger partial charge in [-0.15, -0.1) is 0 Å². The standard InChI is InChI=1S/C42H77O11P/c1-4-5-19-25-35(43)29-30-38-37(39(44)31-40(38)45)26-21-17-18-22-27-41(46)51-32-36(33-52-54(48,49)50)53-42(47)28-23-16-14-12-10-8-6-7-9-11-13-15-20-24-34(2)3/h29-30,34-38,40,43,45H,4-28,31-33H2,1-3H3,(H2,48,49,50)/b30-29+/t35-,36+,37+,38+,40+/m0/s1. The third-order valence-electron chi connectivity index (χ3n) is 10.4. The number of Topliss-reactive ketones (excluding diaryl/α,β-unsaturated/α-hetero) is 1. The second kappa shape index (κ2) is 31.5. The van der Waals surface area contributed by atoms with E-state index in [-0.39, 0.29) is 43.5 Å². The molecule has 1 saturated carbocycles. The molecule has 1 rings (SSSR count). The molecule has 4 N–H and O–H groups in total. The molecule has 0 spiro atoms. The van der Waals surface area contributed by atoms with E-state index in [4.69, 9.17) is 19.3 Å². The summed E-state index contributed by atoms with van der Waals surface area (Å²) in [4.78, 5) is 55.6. The normalized spacial score (nSPS) is 18.8. The molecule has 1 fully saturated rings. The Morgan fingerprint density at radius 3 is 1.83 bits per heavy atom. The third kappa shape index (κ3) is 27.9. The van der Waals surface area contributed by atoms with Crippen LogP contribution in [0.5, 0.6) is 0 Å². The lowest BCUT2D eigenvalue weighted by molar-refractivity contribution is -0.161. The maximum Gasteiger partial charge on any atom is 0.469 e. The molecule has 12 heteroatoms. The lowest BCUT2D eigenvalue weighted by Gasteiger charge is -2.18. The van der Waals surface area contributed by atoms with Crippen molar-refractivity contribution in [1.82, 2.24) is 0 Å². The van der Waals surface area contributed by atoms with Crippen molar-refractivity contribution in [2.75, 3.05) is 13.2 Å². The van der Waals surface area contributed by atoms with Crippen LogP contribution in [0, 0.1) is 17.8 Å². The van der Waals surface area contributed by atoms with Crippen molar-refractivity contribution in [3.05, 3.63) is 12.2 Å². The number of phosphoric ester groups is 1. The van der Waals surface area contributed by atoms with Gasteiger partial charge in [0.05, 0.1) is 18.8 Å². The van der Waals surface area contributed by atoms with Gasteiger partial charge < -0.3 is 29.5 Å². The van der Waals surface area contributed by atoms with E-state index in [1.807, 2.05) is 6.08 Å². The van der Waals surface area contributed by atoms with E-state index in [0.29, 0.717) is 25.7 Å². The fourth-order valence-electron chi connectivity index (χ4n) is 7.10. The summed E-state index contributed by atoms with van der Waals surface area (Å²) in [6.45, 7) is 5.72. The minimum absolute atomic E-state index is 0.0452.